The van der Waals surface area contributed by atoms with Gasteiger partial charge in [0.2, 0.25) is 5.91 Å². The van der Waals surface area contributed by atoms with Crippen LogP contribution in [0.15, 0.2) is 18.2 Å². The summed E-state index contributed by atoms with van der Waals surface area (Å²) in [7, 11) is 0. The summed E-state index contributed by atoms with van der Waals surface area (Å²) >= 11 is 5.99. The van der Waals surface area contributed by atoms with Gasteiger partial charge in [-0.15, -0.1) is 0 Å². The molecule has 0 bridgehead atoms. The van der Waals surface area contributed by atoms with Gasteiger partial charge < -0.3 is 16.4 Å². The molecule has 4 N–H and O–H groups in total. The molecule has 1 fully saturated rings. The molecule has 5 nitrogen and oxygen atoms in total. The van der Waals surface area contributed by atoms with E-state index in [1.54, 1.807) is 12.1 Å². The molecule has 104 valence electrons. The summed E-state index contributed by atoms with van der Waals surface area (Å²) in [6.45, 7) is 6.13. The smallest absolute Gasteiger partial charge is 0.250 e. The van der Waals surface area contributed by atoms with Gasteiger partial charge in [-0.25, -0.2) is 0 Å². The summed E-state index contributed by atoms with van der Waals surface area (Å²) < 4.78 is 0. The van der Waals surface area contributed by atoms with Gasteiger partial charge in [0.15, 0.2) is 0 Å². The van der Waals surface area contributed by atoms with Crippen LogP contribution in [0, 0.1) is 0 Å². The van der Waals surface area contributed by atoms with Crippen LogP contribution in [-0.4, -0.2) is 50.1 Å². The highest BCUT2D eigenvalue weighted by Gasteiger charge is 2.09. The van der Waals surface area contributed by atoms with Gasteiger partial charge >= 0.3 is 0 Å². The Hall–Kier alpha value is -1.30. The molecular weight excluding hydrogens is 264 g/mol. The third kappa shape index (κ3) is 4.09. The monoisotopic (exact) mass is 282 g/mol. The average Bonchev–Trinajstić information content (AvgIpc) is 2.39. The fourth-order valence-electron chi connectivity index (χ4n) is 2.12. The molecule has 0 spiro atoms. The van der Waals surface area contributed by atoms with Gasteiger partial charge in [0, 0.05) is 45.0 Å². The van der Waals surface area contributed by atoms with Crippen LogP contribution < -0.4 is 16.4 Å². The minimum absolute atomic E-state index is 0.356. The predicted molar refractivity (Wildman–Crippen MR) is 77.8 cm³/mol. The summed E-state index contributed by atoms with van der Waals surface area (Å²) in [5.74, 6) is -0.502. The molecule has 1 saturated heterocycles. The summed E-state index contributed by atoms with van der Waals surface area (Å²) in [5.41, 5.74) is 6.47. The van der Waals surface area contributed by atoms with E-state index in [0.717, 1.165) is 45.0 Å². The van der Waals surface area contributed by atoms with E-state index in [0.29, 0.717) is 10.6 Å². The molecule has 0 saturated carbocycles. The van der Waals surface area contributed by atoms with Crippen molar-refractivity contribution in [3.8, 4) is 0 Å². The van der Waals surface area contributed by atoms with Crippen LogP contribution in [-0.2, 0) is 0 Å². The number of anilines is 1. The maximum absolute atomic E-state index is 11.1. The van der Waals surface area contributed by atoms with E-state index in [2.05, 4.69) is 15.5 Å². The first-order valence-electron chi connectivity index (χ1n) is 6.43. The van der Waals surface area contributed by atoms with Crippen molar-refractivity contribution in [3.05, 3.63) is 28.8 Å². The van der Waals surface area contributed by atoms with Crippen molar-refractivity contribution in [3.63, 3.8) is 0 Å². The Balaban J connectivity index is 1.82. The number of hydrogen-bond donors (Lipinski definition) is 3. The second-order valence-corrected chi connectivity index (χ2v) is 4.98. The van der Waals surface area contributed by atoms with Crippen LogP contribution in [0.5, 0.6) is 0 Å². The lowest BCUT2D eigenvalue weighted by Crippen LogP contribution is -2.45. The summed E-state index contributed by atoms with van der Waals surface area (Å²) in [4.78, 5) is 13.5. The van der Waals surface area contributed by atoms with Crippen LogP contribution in [0.2, 0.25) is 5.02 Å². The molecule has 1 aromatic carbocycles. The highest BCUT2D eigenvalue weighted by Crippen LogP contribution is 2.20. The van der Waals surface area contributed by atoms with Gasteiger partial charge in [-0.3, -0.25) is 9.69 Å². The van der Waals surface area contributed by atoms with Gasteiger partial charge in [-0.1, -0.05) is 11.6 Å². The van der Waals surface area contributed by atoms with Crippen LogP contribution in [0.4, 0.5) is 5.69 Å². The second-order valence-electron chi connectivity index (χ2n) is 4.58. The second kappa shape index (κ2) is 6.75. The largest absolute Gasteiger partial charge is 0.384 e. The van der Waals surface area contributed by atoms with E-state index in [9.17, 15) is 4.79 Å². The van der Waals surface area contributed by atoms with Crippen LogP contribution in [0.1, 0.15) is 10.4 Å². The van der Waals surface area contributed by atoms with Gasteiger partial charge in [0.25, 0.3) is 0 Å². The number of rotatable bonds is 5. The SMILES string of the molecule is NC(=O)c1ccc(NCCN2CCNCC2)cc1Cl. The number of carbonyl (C=O) groups is 1. The van der Waals surface area contributed by atoms with Gasteiger partial charge in [-0.05, 0) is 18.2 Å². The lowest BCUT2D eigenvalue weighted by Gasteiger charge is -2.27. The molecule has 6 heteroatoms. The van der Waals surface area contributed by atoms with Crippen molar-refractivity contribution in [2.45, 2.75) is 0 Å². The highest BCUT2D eigenvalue weighted by atomic mass is 35.5. The molecule has 0 aromatic heterocycles. The first-order valence-corrected chi connectivity index (χ1v) is 6.81. The molecule has 0 radical (unpaired) electrons. The van der Waals surface area contributed by atoms with E-state index in [1.165, 1.54) is 0 Å². The maximum Gasteiger partial charge on any atom is 0.250 e. The number of amides is 1. The number of nitrogens with zero attached hydrogens (tertiary/aromatic N) is 1. The van der Waals surface area contributed by atoms with E-state index in [4.69, 9.17) is 17.3 Å². The number of carbonyl (C=O) groups excluding carboxylic acids is 1. The van der Waals surface area contributed by atoms with Crippen molar-refractivity contribution in [1.29, 1.82) is 0 Å². The summed E-state index contributed by atoms with van der Waals surface area (Å²) in [6, 6.07) is 5.21. The van der Waals surface area contributed by atoms with Gasteiger partial charge in [0.05, 0.1) is 10.6 Å². The number of halogens is 1. The Morgan fingerprint density at radius 1 is 1.42 bits per heavy atom. The lowest BCUT2D eigenvalue weighted by atomic mass is 10.2. The minimum atomic E-state index is -0.502. The molecule has 1 amide bonds. The van der Waals surface area contributed by atoms with Crippen LogP contribution in [0.25, 0.3) is 0 Å². The topological polar surface area (TPSA) is 70.4 Å². The van der Waals surface area contributed by atoms with E-state index in [-0.39, 0.29) is 0 Å². The number of hydrogen-bond acceptors (Lipinski definition) is 4. The van der Waals surface area contributed by atoms with E-state index in [1.807, 2.05) is 6.07 Å². The third-order valence-corrected chi connectivity index (χ3v) is 3.51. The first kappa shape index (κ1) is 14.1. The minimum Gasteiger partial charge on any atom is -0.384 e. The Labute approximate surface area is 118 Å². The molecule has 19 heavy (non-hydrogen) atoms. The molecule has 1 aliphatic rings. The molecular formula is C13H19ClN4O. The summed E-state index contributed by atoms with van der Waals surface area (Å²) in [6.07, 6.45) is 0. The standard InChI is InChI=1S/C13H19ClN4O/c14-12-9-10(1-2-11(12)13(15)19)17-5-8-18-6-3-16-4-7-18/h1-2,9,16-17H,3-8H2,(H2,15,19). The average molecular weight is 283 g/mol. The van der Waals surface area contributed by atoms with Crippen molar-refractivity contribution in [1.82, 2.24) is 10.2 Å². The normalized spacial score (nSPS) is 16.3. The first-order chi connectivity index (χ1) is 9.16. The Kier molecular flexibility index (Phi) is 5.01. The zero-order valence-corrected chi connectivity index (χ0v) is 11.5. The van der Waals surface area contributed by atoms with Gasteiger partial charge in [0.1, 0.15) is 0 Å². The molecule has 1 aliphatic heterocycles. The van der Waals surface area contributed by atoms with Crippen molar-refractivity contribution >= 4 is 23.2 Å². The number of benzene rings is 1. The zero-order chi connectivity index (χ0) is 13.7. The number of primary amides is 1. The number of nitrogens with two attached hydrogens (primary N) is 1. The third-order valence-electron chi connectivity index (χ3n) is 3.20. The molecule has 0 atom stereocenters. The van der Waals surface area contributed by atoms with Crippen molar-refractivity contribution < 1.29 is 4.79 Å². The predicted octanol–water partition coefficient (Wildman–Crippen LogP) is 0.756. The maximum atomic E-state index is 11.1. The zero-order valence-electron chi connectivity index (χ0n) is 10.8. The van der Waals surface area contributed by atoms with E-state index < -0.39 is 5.91 Å². The molecule has 1 aromatic rings. The Bertz CT molecular complexity index is 446. The Morgan fingerprint density at radius 3 is 2.79 bits per heavy atom. The quantitative estimate of drug-likeness (QED) is 0.746. The van der Waals surface area contributed by atoms with Crippen molar-refractivity contribution in [2.24, 2.45) is 5.73 Å². The van der Waals surface area contributed by atoms with Crippen molar-refractivity contribution in [2.75, 3.05) is 44.6 Å². The lowest BCUT2D eigenvalue weighted by molar-refractivity contribution is 0.100. The molecule has 0 aliphatic carbocycles. The highest BCUT2D eigenvalue weighted by molar-refractivity contribution is 6.34. The van der Waals surface area contributed by atoms with E-state index >= 15 is 0 Å². The molecule has 0 unspecified atom stereocenters. The number of nitrogens with one attached hydrogen (secondary N) is 2. The molecule has 1 heterocycles. The number of piperazine rings is 1. The fraction of sp³-hybridized carbons (Fsp3) is 0.462. The van der Waals surface area contributed by atoms with Gasteiger partial charge in [-0.2, -0.15) is 0 Å². The van der Waals surface area contributed by atoms with Crippen LogP contribution >= 0.6 is 11.6 Å². The Morgan fingerprint density at radius 2 is 2.16 bits per heavy atom. The fourth-order valence-corrected chi connectivity index (χ4v) is 2.39. The molecule has 2 rings (SSSR count). The summed E-state index contributed by atoms with van der Waals surface area (Å²) in [5, 5.41) is 7.01. The van der Waals surface area contributed by atoms with Crippen LogP contribution in [0.3, 0.4) is 0 Å².